The van der Waals surface area contributed by atoms with Gasteiger partial charge in [0.1, 0.15) is 11.2 Å². The summed E-state index contributed by atoms with van der Waals surface area (Å²) in [4.78, 5) is 10.6. The fraction of sp³-hybridized carbons (Fsp3) is 0.136. The molecule has 0 saturated carbocycles. The van der Waals surface area contributed by atoms with Crippen LogP contribution in [0.4, 0.5) is 0 Å². The van der Waals surface area contributed by atoms with Crippen molar-refractivity contribution in [3.05, 3.63) is 143 Å². The largest absolute Gasteiger partial charge is 0.456 e. The van der Waals surface area contributed by atoms with Crippen molar-refractivity contribution in [1.82, 2.24) is 9.97 Å². The van der Waals surface area contributed by atoms with E-state index in [4.69, 9.17) is 14.4 Å². The van der Waals surface area contributed by atoms with E-state index in [-0.39, 0.29) is 0 Å². The first kappa shape index (κ1) is 27.7. The molecule has 9 rings (SSSR count). The summed E-state index contributed by atoms with van der Waals surface area (Å²) in [6.45, 7) is 6.79. The third-order valence-corrected chi connectivity index (χ3v) is 10.1. The van der Waals surface area contributed by atoms with E-state index in [1.54, 1.807) is 0 Å². The number of aromatic nitrogens is 2. The second kappa shape index (κ2) is 10.8. The monoisotopic (exact) mass is 606 g/mol. The quantitative estimate of drug-likeness (QED) is 0.201. The van der Waals surface area contributed by atoms with Crippen molar-refractivity contribution in [2.45, 2.75) is 40.0 Å². The summed E-state index contributed by atoms with van der Waals surface area (Å²) < 4.78 is 6.15. The van der Waals surface area contributed by atoms with Crippen LogP contribution in [-0.4, -0.2) is 9.97 Å². The van der Waals surface area contributed by atoms with E-state index in [2.05, 4.69) is 124 Å². The number of aryl methyl sites for hydroxylation is 3. The summed E-state index contributed by atoms with van der Waals surface area (Å²) in [5, 5.41) is 2.30. The molecule has 226 valence electrons. The van der Waals surface area contributed by atoms with E-state index in [0.29, 0.717) is 0 Å². The first-order valence-corrected chi connectivity index (χ1v) is 16.6. The highest BCUT2D eigenvalue weighted by Gasteiger charge is 2.25. The van der Waals surface area contributed by atoms with Gasteiger partial charge in [0.2, 0.25) is 0 Å². The van der Waals surface area contributed by atoms with E-state index in [0.717, 1.165) is 63.6 Å². The maximum atomic E-state index is 6.15. The van der Waals surface area contributed by atoms with Crippen LogP contribution in [-0.2, 0) is 19.3 Å². The van der Waals surface area contributed by atoms with Gasteiger partial charge in [-0.15, -0.1) is 0 Å². The standard InChI is InChI=1S/C44H34N2O/c1-4-31-36(32-12-6-5-11-26(32)2)25-35-27(3)43(31)33-20-17-28(29-19-22-42-37(24-29)34-13-7-10-16-41(34)47-42)23-30(33)18-21-40-44(35)46-39-15-9-8-14-38(39)45-40/h5-17,19-20,22-25H,4,18,21H2,1-3H3. The molecular weight excluding hydrogens is 572 g/mol. The summed E-state index contributed by atoms with van der Waals surface area (Å²) in [7, 11) is 0. The first-order chi connectivity index (χ1) is 23.1. The van der Waals surface area contributed by atoms with Gasteiger partial charge in [-0.25, -0.2) is 9.97 Å². The Bertz CT molecular complexity index is 2540. The predicted molar refractivity (Wildman–Crippen MR) is 195 cm³/mol. The van der Waals surface area contributed by atoms with Crippen molar-refractivity contribution in [3.8, 4) is 44.6 Å². The molecule has 0 fully saturated rings. The normalized spacial score (nSPS) is 12.5. The van der Waals surface area contributed by atoms with Gasteiger partial charge < -0.3 is 4.42 Å². The minimum Gasteiger partial charge on any atom is -0.456 e. The number of hydrogen-bond acceptors (Lipinski definition) is 3. The van der Waals surface area contributed by atoms with Gasteiger partial charge in [0.15, 0.2) is 0 Å². The molecule has 0 aliphatic heterocycles. The number of fused-ring (bicyclic) bond motifs is 10. The molecule has 8 aromatic rings. The minimum absolute atomic E-state index is 0.814. The van der Waals surface area contributed by atoms with Gasteiger partial charge in [0.05, 0.1) is 22.4 Å². The van der Waals surface area contributed by atoms with Crippen molar-refractivity contribution < 1.29 is 4.42 Å². The summed E-state index contributed by atoms with van der Waals surface area (Å²) in [5.41, 5.74) is 19.9. The smallest absolute Gasteiger partial charge is 0.135 e. The molecule has 1 aliphatic carbocycles. The Morgan fingerprint density at radius 3 is 2.17 bits per heavy atom. The van der Waals surface area contributed by atoms with Crippen LogP contribution in [0, 0.1) is 13.8 Å². The van der Waals surface area contributed by atoms with Crippen molar-refractivity contribution in [1.29, 1.82) is 0 Å². The van der Waals surface area contributed by atoms with Crippen LogP contribution in [0.15, 0.2) is 120 Å². The molecule has 0 atom stereocenters. The molecule has 0 amide bonds. The van der Waals surface area contributed by atoms with Gasteiger partial charge in [-0.3, -0.25) is 0 Å². The first-order valence-electron chi connectivity index (χ1n) is 16.6. The molecular formula is C44H34N2O. The van der Waals surface area contributed by atoms with E-state index in [1.165, 1.54) is 61.2 Å². The lowest BCUT2D eigenvalue weighted by molar-refractivity contribution is 0.669. The van der Waals surface area contributed by atoms with Gasteiger partial charge in [0.25, 0.3) is 0 Å². The molecule has 0 radical (unpaired) electrons. The van der Waals surface area contributed by atoms with Crippen LogP contribution in [0.25, 0.3) is 77.6 Å². The molecule has 3 nitrogen and oxygen atoms in total. The molecule has 0 saturated heterocycles. The molecule has 2 aromatic heterocycles. The molecule has 2 heterocycles. The fourth-order valence-corrected chi connectivity index (χ4v) is 7.74. The van der Waals surface area contributed by atoms with Gasteiger partial charge in [0, 0.05) is 16.3 Å². The van der Waals surface area contributed by atoms with Crippen LogP contribution in [0.3, 0.4) is 0 Å². The van der Waals surface area contributed by atoms with Crippen molar-refractivity contribution in [2.75, 3.05) is 0 Å². The van der Waals surface area contributed by atoms with Crippen LogP contribution in [0.2, 0.25) is 0 Å². The Hall–Kier alpha value is -5.54. The fourth-order valence-electron chi connectivity index (χ4n) is 7.74. The highest BCUT2D eigenvalue weighted by molar-refractivity contribution is 6.06. The Morgan fingerprint density at radius 1 is 0.596 bits per heavy atom. The minimum atomic E-state index is 0.814. The average Bonchev–Trinajstić information content (AvgIpc) is 3.49. The Balaban J connectivity index is 1.31. The number of nitrogens with zero attached hydrogens (tertiary/aromatic N) is 2. The second-order valence-corrected chi connectivity index (χ2v) is 12.8. The zero-order chi connectivity index (χ0) is 31.6. The summed E-state index contributed by atoms with van der Waals surface area (Å²) in [5.74, 6) is 0. The second-order valence-electron chi connectivity index (χ2n) is 12.8. The van der Waals surface area contributed by atoms with Gasteiger partial charge in [-0.1, -0.05) is 85.8 Å². The average molecular weight is 607 g/mol. The molecule has 1 aliphatic rings. The van der Waals surface area contributed by atoms with Crippen LogP contribution < -0.4 is 0 Å². The summed E-state index contributed by atoms with van der Waals surface area (Å²) >= 11 is 0. The van der Waals surface area contributed by atoms with Crippen molar-refractivity contribution in [2.24, 2.45) is 0 Å². The Labute approximate surface area is 274 Å². The predicted octanol–water partition coefficient (Wildman–Crippen LogP) is 11.5. The third-order valence-electron chi connectivity index (χ3n) is 10.1. The maximum absolute atomic E-state index is 6.15. The zero-order valence-corrected chi connectivity index (χ0v) is 26.9. The SMILES string of the molecule is CCc1c(-c2ccccc2C)cc2c(C)c1-c1ccc(-c3ccc4oc5ccccc5c4c3)cc1CCc1nc3ccccc3nc1-2. The molecule has 0 N–H and O–H groups in total. The number of hydrogen-bond donors (Lipinski definition) is 0. The van der Waals surface area contributed by atoms with Crippen molar-refractivity contribution >= 4 is 33.0 Å². The van der Waals surface area contributed by atoms with E-state index in [9.17, 15) is 0 Å². The summed E-state index contributed by atoms with van der Waals surface area (Å²) in [6.07, 6.45) is 2.62. The third kappa shape index (κ3) is 4.41. The lowest BCUT2D eigenvalue weighted by Crippen LogP contribution is -2.03. The molecule has 2 bridgehead atoms. The Kier molecular flexibility index (Phi) is 6.36. The zero-order valence-electron chi connectivity index (χ0n) is 26.9. The van der Waals surface area contributed by atoms with Crippen LogP contribution in [0.5, 0.6) is 0 Å². The van der Waals surface area contributed by atoms with Crippen molar-refractivity contribution in [3.63, 3.8) is 0 Å². The van der Waals surface area contributed by atoms with E-state index >= 15 is 0 Å². The topological polar surface area (TPSA) is 38.9 Å². The molecule has 3 heteroatoms. The molecule has 47 heavy (non-hydrogen) atoms. The van der Waals surface area contributed by atoms with Crippen LogP contribution >= 0.6 is 0 Å². The molecule has 6 aromatic carbocycles. The highest BCUT2D eigenvalue weighted by Crippen LogP contribution is 2.45. The van der Waals surface area contributed by atoms with E-state index < -0.39 is 0 Å². The molecule has 0 unspecified atom stereocenters. The lowest BCUT2D eigenvalue weighted by Gasteiger charge is -2.23. The number of furan rings is 1. The highest BCUT2D eigenvalue weighted by atomic mass is 16.3. The Morgan fingerprint density at radius 2 is 1.32 bits per heavy atom. The lowest BCUT2D eigenvalue weighted by atomic mass is 9.81. The van der Waals surface area contributed by atoms with Gasteiger partial charge >= 0.3 is 0 Å². The number of benzene rings is 6. The molecule has 0 spiro atoms. The van der Waals surface area contributed by atoms with Gasteiger partial charge in [-0.2, -0.15) is 0 Å². The van der Waals surface area contributed by atoms with Crippen LogP contribution in [0.1, 0.15) is 34.9 Å². The van der Waals surface area contributed by atoms with E-state index in [1.807, 2.05) is 12.1 Å². The number of rotatable bonds is 3. The maximum Gasteiger partial charge on any atom is 0.135 e. The summed E-state index contributed by atoms with van der Waals surface area (Å²) in [6, 6.07) is 41.4. The van der Waals surface area contributed by atoms with Gasteiger partial charge in [-0.05, 0) is 125 Å². The number of para-hydroxylation sites is 3.